The highest BCUT2D eigenvalue weighted by molar-refractivity contribution is 5.93. The molecule has 0 N–H and O–H groups in total. The van der Waals surface area contributed by atoms with Crippen molar-refractivity contribution in [3.05, 3.63) is 34.5 Å². The van der Waals surface area contributed by atoms with Gasteiger partial charge in [0.05, 0.1) is 24.0 Å². The van der Waals surface area contributed by atoms with Gasteiger partial charge in [0, 0.05) is 31.2 Å². The van der Waals surface area contributed by atoms with Crippen LogP contribution in [0.15, 0.2) is 10.6 Å². The van der Waals surface area contributed by atoms with E-state index in [0.29, 0.717) is 11.7 Å². The summed E-state index contributed by atoms with van der Waals surface area (Å²) in [7, 11) is 0. The number of nitrogens with zero attached hydrogens (tertiary/aromatic N) is 5. The molecule has 0 aromatic carbocycles. The van der Waals surface area contributed by atoms with Gasteiger partial charge in [-0.15, -0.1) is 0 Å². The van der Waals surface area contributed by atoms with Gasteiger partial charge >= 0.3 is 0 Å². The molecule has 0 aliphatic carbocycles. The Hall–Kier alpha value is -2.15. The second-order valence-electron chi connectivity index (χ2n) is 7.70. The summed E-state index contributed by atoms with van der Waals surface area (Å²) >= 11 is 0. The molecule has 0 radical (unpaired) electrons. The Morgan fingerprint density at radius 2 is 2.08 bits per heavy atom. The molecule has 1 saturated heterocycles. The highest BCUT2D eigenvalue weighted by Crippen LogP contribution is 2.36. The molecule has 0 bridgehead atoms. The van der Waals surface area contributed by atoms with Crippen LogP contribution in [0, 0.1) is 13.8 Å². The van der Waals surface area contributed by atoms with Gasteiger partial charge in [0.15, 0.2) is 5.69 Å². The predicted octanol–water partition coefficient (Wildman–Crippen LogP) is 2.69. The van der Waals surface area contributed by atoms with Gasteiger partial charge in [0.25, 0.3) is 5.91 Å². The first-order chi connectivity index (χ1) is 12.5. The molecule has 1 fully saturated rings. The van der Waals surface area contributed by atoms with E-state index in [9.17, 15) is 4.79 Å². The number of hydrogen-bond acceptors (Lipinski definition) is 5. The lowest BCUT2D eigenvalue weighted by Gasteiger charge is -2.30. The molecule has 2 aliphatic rings. The molecule has 26 heavy (non-hydrogen) atoms. The molecule has 4 heterocycles. The molecule has 2 aliphatic heterocycles. The van der Waals surface area contributed by atoms with Crippen LogP contribution < -0.4 is 0 Å². The third kappa shape index (κ3) is 2.84. The van der Waals surface area contributed by atoms with Gasteiger partial charge in [-0.25, -0.2) is 0 Å². The predicted molar refractivity (Wildman–Crippen MR) is 96.8 cm³/mol. The Bertz CT molecular complexity index is 803. The third-order valence-electron chi connectivity index (χ3n) is 5.71. The van der Waals surface area contributed by atoms with E-state index in [-0.39, 0.29) is 11.9 Å². The molecule has 1 amide bonds. The van der Waals surface area contributed by atoms with E-state index in [4.69, 9.17) is 4.52 Å². The summed E-state index contributed by atoms with van der Waals surface area (Å²) in [4.78, 5) is 17.5. The molecule has 0 spiro atoms. The second-order valence-corrected chi connectivity index (χ2v) is 7.70. The summed E-state index contributed by atoms with van der Waals surface area (Å²) in [6, 6.07) is 2.51. The molecular formula is C19H27N5O2. The molecule has 1 atom stereocenters. The van der Waals surface area contributed by atoms with Crippen molar-refractivity contribution in [2.24, 2.45) is 0 Å². The fourth-order valence-corrected chi connectivity index (χ4v) is 4.25. The van der Waals surface area contributed by atoms with Crippen LogP contribution in [0.2, 0.25) is 0 Å². The summed E-state index contributed by atoms with van der Waals surface area (Å²) in [5.74, 6) is 0.828. The van der Waals surface area contributed by atoms with Crippen molar-refractivity contribution in [3.63, 3.8) is 0 Å². The SMILES string of the molecule is Cc1noc(C)c1[C@H]1CCCN1C(=O)c1cc2n(n1)CCN(C(C)C)C2. The number of aromatic nitrogens is 3. The number of rotatable bonds is 3. The number of amides is 1. The van der Waals surface area contributed by atoms with Gasteiger partial charge in [0.2, 0.25) is 0 Å². The van der Waals surface area contributed by atoms with Crippen molar-refractivity contribution in [1.82, 2.24) is 24.7 Å². The zero-order valence-corrected chi connectivity index (χ0v) is 16.0. The van der Waals surface area contributed by atoms with Crippen molar-refractivity contribution in [2.75, 3.05) is 13.1 Å². The Kier molecular flexibility index (Phi) is 4.34. The van der Waals surface area contributed by atoms with Crippen molar-refractivity contribution in [3.8, 4) is 0 Å². The minimum atomic E-state index is 0.0190. The molecule has 140 valence electrons. The van der Waals surface area contributed by atoms with Crippen LogP contribution in [0.1, 0.15) is 65.9 Å². The van der Waals surface area contributed by atoms with E-state index in [1.54, 1.807) is 0 Å². The largest absolute Gasteiger partial charge is 0.361 e. The fourth-order valence-electron chi connectivity index (χ4n) is 4.25. The van der Waals surface area contributed by atoms with Gasteiger partial charge in [-0.3, -0.25) is 14.4 Å². The number of carbonyl (C=O) groups is 1. The minimum Gasteiger partial charge on any atom is -0.361 e. The van der Waals surface area contributed by atoms with Gasteiger partial charge in [-0.05, 0) is 46.6 Å². The molecule has 0 saturated carbocycles. The third-order valence-corrected chi connectivity index (χ3v) is 5.71. The number of hydrogen-bond donors (Lipinski definition) is 0. The average molecular weight is 357 g/mol. The van der Waals surface area contributed by atoms with E-state index >= 15 is 0 Å². The number of aryl methyl sites for hydroxylation is 2. The quantitative estimate of drug-likeness (QED) is 0.845. The maximum absolute atomic E-state index is 13.2. The van der Waals surface area contributed by atoms with Crippen LogP contribution in [0.25, 0.3) is 0 Å². The van der Waals surface area contributed by atoms with Gasteiger partial charge < -0.3 is 9.42 Å². The number of carbonyl (C=O) groups excluding carboxylic acids is 1. The van der Waals surface area contributed by atoms with Crippen LogP contribution in [0.4, 0.5) is 0 Å². The normalized spacial score (nSPS) is 20.8. The molecule has 7 nitrogen and oxygen atoms in total. The first-order valence-corrected chi connectivity index (χ1v) is 9.50. The Morgan fingerprint density at radius 3 is 2.77 bits per heavy atom. The van der Waals surface area contributed by atoms with Crippen molar-refractivity contribution in [1.29, 1.82) is 0 Å². The van der Waals surface area contributed by atoms with Gasteiger partial charge in [-0.2, -0.15) is 5.10 Å². The highest BCUT2D eigenvalue weighted by Gasteiger charge is 2.35. The van der Waals surface area contributed by atoms with E-state index < -0.39 is 0 Å². The van der Waals surface area contributed by atoms with E-state index in [2.05, 4.69) is 29.0 Å². The van der Waals surface area contributed by atoms with Crippen LogP contribution in [-0.2, 0) is 13.1 Å². The maximum Gasteiger partial charge on any atom is 0.274 e. The number of fused-ring (bicyclic) bond motifs is 1. The minimum absolute atomic E-state index is 0.0190. The topological polar surface area (TPSA) is 67.4 Å². The zero-order valence-electron chi connectivity index (χ0n) is 16.0. The molecule has 2 aromatic heterocycles. The first-order valence-electron chi connectivity index (χ1n) is 9.50. The Morgan fingerprint density at radius 1 is 1.27 bits per heavy atom. The molecular weight excluding hydrogens is 330 g/mol. The number of likely N-dealkylation sites (tertiary alicyclic amines) is 1. The van der Waals surface area contributed by atoms with Crippen LogP contribution in [0.5, 0.6) is 0 Å². The molecule has 2 aromatic rings. The van der Waals surface area contributed by atoms with Crippen molar-refractivity contribution < 1.29 is 9.32 Å². The maximum atomic E-state index is 13.2. The smallest absolute Gasteiger partial charge is 0.274 e. The summed E-state index contributed by atoms with van der Waals surface area (Å²) in [5, 5.41) is 8.68. The summed E-state index contributed by atoms with van der Waals surface area (Å²) in [5.41, 5.74) is 3.63. The molecule has 7 heteroatoms. The van der Waals surface area contributed by atoms with Crippen LogP contribution >= 0.6 is 0 Å². The zero-order chi connectivity index (χ0) is 18.4. The summed E-state index contributed by atoms with van der Waals surface area (Å²) < 4.78 is 7.32. The Labute approximate surface area is 153 Å². The monoisotopic (exact) mass is 357 g/mol. The molecule has 4 rings (SSSR count). The lowest BCUT2D eigenvalue weighted by Crippen LogP contribution is -2.38. The van der Waals surface area contributed by atoms with Gasteiger partial charge in [-0.1, -0.05) is 5.16 Å². The fraction of sp³-hybridized carbons (Fsp3) is 0.632. The van der Waals surface area contributed by atoms with Crippen LogP contribution in [0.3, 0.4) is 0 Å². The van der Waals surface area contributed by atoms with E-state index in [1.165, 1.54) is 0 Å². The highest BCUT2D eigenvalue weighted by atomic mass is 16.5. The summed E-state index contributed by atoms with van der Waals surface area (Å²) in [6.07, 6.45) is 1.94. The van der Waals surface area contributed by atoms with Crippen molar-refractivity contribution in [2.45, 2.75) is 65.7 Å². The average Bonchev–Trinajstić information content (AvgIpc) is 3.31. The standard InChI is InChI=1S/C19H27N5O2/c1-12(2)22-8-9-24-15(11-22)10-16(20-24)19(25)23-7-5-6-17(23)18-13(3)21-26-14(18)4/h10,12,17H,5-9,11H2,1-4H3/t17-/m1/s1. The van der Waals surface area contributed by atoms with E-state index in [1.807, 2.05) is 29.5 Å². The second kappa shape index (κ2) is 6.54. The molecule has 0 unspecified atom stereocenters. The van der Waals surface area contributed by atoms with Crippen LogP contribution in [-0.4, -0.2) is 49.8 Å². The summed E-state index contributed by atoms with van der Waals surface area (Å²) in [6.45, 7) is 11.7. The lowest BCUT2D eigenvalue weighted by atomic mass is 10.0. The lowest BCUT2D eigenvalue weighted by molar-refractivity contribution is 0.0727. The first kappa shape index (κ1) is 17.3. The van der Waals surface area contributed by atoms with E-state index in [0.717, 1.165) is 61.7 Å². The Balaban J connectivity index is 1.58. The van der Waals surface area contributed by atoms with Gasteiger partial charge in [0.1, 0.15) is 5.76 Å². The van der Waals surface area contributed by atoms with Crippen molar-refractivity contribution >= 4 is 5.91 Å².